The predicted molar refractivity (Wildman–Crippen MR) is 129 cm³/mol. The molecule has 0 N–H and O–H groups in total. The average molecular weight is 409 g/mol. The lowest BCUT2D eigenvalue weighted by Gasteiger charge is -2.22. The molecule has 0 amide bonds. The second-order valence-corrected chi connectivity index (χ2v) is 10.9. The molecule has 0 unspecified atom stereocenters. The van der Waals surface area contributed by atoms with E-state index in [1.165, 1.54) is 43.1 Å². The zero-order valence-corrected chi connectivity index (χ0v) is 18.6. The fourth-order valence-electron chi connectivity index (χ4n) is 5.71. The van der Waals surface area contributed by atoms with Crippen LogP contribution >= 0.6 is 11.3 Å². The molecule has 0 saturated carbocycles. The van der Waals surface area contributed by atoms with Crippen molar-refractivity contribution < 1.29 is 0 Å². The summed E-state index contributed by atoms with van der Waals surface area (Å²) < 4.78 is 2.58. The molecule has 6 rings (SSSR count). The Bertz CT molecular complexity index is 1470. The van der Waals surface area contributed by atoms with E-state index in [1.54, 1.807) is 6.33 Å². The normalized spacial score (nSPS) is 17.1. The van der Waals surface area contributed by atoms with Crippen LogP contribution in [0.1, 0.15) is 45.2 Å². The first kappa shape index (κ1) is 18.0. The standard InChI is InChI=1S/C27H24N2S/c1-26(2)14-27(3,4)21-20(26)12-11-19-23-25(30-24(19)21)22(28-15-29-23)18-10-9-16-7-5-6-8-17(16)13-18/h5-13,15H,14H2,1-4H3. The number of rotatable bonds is 1. The van der Waals surface area contributed by atoms with E-state index in [2.05, 4.69) is 82.3 Å². The van der Waals surface area contributed by atoms with Crippen LogP contribution in [0.3, 0.4) is 0 Å². The zero-order valence-electron chi connectivity index (χ0n) is 17.8. The molecule has 0 aliphatic heterocycles. The lowest BCUT2D eigenvalue weighted by molar-refractivity contribution is 0.404. The Morgan fingerprint density at radius 3 is 2.43 bits per heavy atom. The van der Waals surface area contributed by atoms with Crippen molar-refractivity contribution in [1.29, 1.82) is 0 Å². The van der Waals surface area contributed by atoms with E-state index in [4.69, 9.17) is 9.97 Å². The third-order valence-corrected chi connectivity index (χ3v) is 7.95. The predicted octanol–water partition coefficient (Wildman–Crippen LogP) is 7.62. The van der Waals surface area contributed by atoms with Crippen molar-refractivity contribution in [2.45, 2.75) is 44.9 Å². The van der Waals surface area contributed by atoms with Crippen LogP contribution < -0.4 is 0 Å². The molecule has 2 nitrogen and oxygen atoms in total. The molecule has 0 atom stereocenters. The molecule has 2 heterocycles. The van der Waals surface area contributed by atoms with Crippen LogP contribution in [0, 0.1) is 0 Å². The summed E-state index contributed by atoms with van der Waals surface area (Å²) in [5, 5.41) is 3.76. The van der Waals surface area contributed by atoms with E-state index < -0.39 is 0 Å². The number of aromatic nitrogens is 2. The van der Waals surface area contributed by atoms with Gasteiger partial charge >= 0.3 is 0 Å². The van der Waals surface area contributed by atoms with Crippen molar-refractivity contribution in [3.63, 3.8) is 0 Å². The summed E-state index contributed by atoms with van der Waals surface area (Å²) in [4.78, 5) is 9.46. The van der Waals surface area contributed by atoms with Gasteiger partial charge in [0, 0.05) is 15.6 Å². The van der Waals surface area contributed by atoms with Crippen LogP contribution in [0.25, 0.3) is 42.3 Å². The molecule has 30 heavy (non-hydrogen) atoms. The molecule has 5 aromatic rings. The van der Waals surface area contributed by atoms with Crippen LogP contribution in [0.2, 0.25) is 0 Å². The van der Waals surface area contributed by atoms with Crippen LogP contribution in [-0.2, 0) is 10.8 Å². The summed E-state index contributed by atoms with van der Waals surface area (Å²) >= 11 is 1.87. The molecular formula is C27H24N2S. The third kappa shape index (κ3) is 2.42. The van der Waals surface area contributed by atoms with Gasteiger partial charge in [-0.2, -0.15) is 0 Å². The van der Waals surface area contributed by atoms with Gasteiger partial charge < -0.3 is 0 Å². The van der Waals surface area contributed by atoms with Gasteiger partial charge in [0.05, 0.1) is 15.9 Å². The van der Waals surface area contributed by atoms with Crippen molar-refractivity contribution in [1.82, 2.24) is 9.97 Å². The lowest BCUT2D eigenvalue weighted by Crippen LogP contribution is -2.18. The molecule has 1 aliphatic rings. The van der Waals surface area contributed by atoms with E-state index in [1.807, 2.05) is 11.3 Å². The number of thiophene rings is 1. The quantitative estimate of drug-likeness (QED) is 0.285. The lowest BCUT2D eigenvalue weighted by atomic mass is 9.82. The Morgan fingerprint density at radius 1 is 0.800 bits per heavy atom. The van der Waals surface area contributed by atoms with E-state index >= 15 is 0 Å². The average Bonchev–Trinajstić information content (AvgIpc) is 3.19. The van der Waals surface area contributed by atoms with Gasteiger partial charge in [0.1, 0.15) is 6.33 Å². The maximum Gasteiger partial charge on any atom is 0.116 e. The molecule has 3 aromatic carbocycles. The fraction of sp³-hybridized carbons (Fsp3) is 0.259. The number of hydrogen-bond donors (Lipinski definition) is 0. The number of fused-ring (bicyclic) bond motifs is 6. The highest BCUT2D eigenvalue weighted by atomic mass is 32.1. The Balaban J connectivity index is 1.67. The first-order chi connectivity index (χ1) is 14.4. The Hall–Kier alpha value is -2.78. The zero-order chi connectivity index (χ0) is 20.7. The molecule has 0 spiro atoms. The van der Waals surface area contributed by atoms with E-state index in [-0.39, 0.29) is 10.8 Å². The minimum absolute atomic E-state index is 0.162. The highest BCUT2D eigenvalue weighted by molar-refractivity contribution is 7.26. The summed E-state index contributed by atoms with van der Waals surface area (Å²) in [6, 6.07) is 19.7. The molecule has 0 bridgehead atoms. The molecule has 0 radical (unpaired) electrons. The monoisotopic (exact) mass is 408 g/mol. The van der Waals surface area contributed by atoms with Gasteiger partial charge in [0.15, 0.2) is 0 Å². The summed E-state index contributed by atoms with van der Waals surface area (Å²) in [7, 11) is 0. The maximum absolute atomic E-state index is 4.74. The molecule has 3 heteroatoms. The van der Waals surface area contributed by atoms with Crippen LogP contribution in [0.5, 0.6) is 0 Å². The largest absolute Gasteiger partial charge is 0.235 e. The van der Waals surface area contributed by atoms with Crippen molar-refractivity contribution in [2.24, 2.45) is 0 Å². The summed E-state index contributed by atoms with van der Waals surface area (Å²) in [6.45, 7) is 9.53. The SMILES string of the molecule is CC1(C)CC(C)(C)c2c1ccc1c2sc2c(-c3ccc4ccccc4c3)ncnc21. The van der Waals surface area contributed by atoms with Crippen molar-refractivity contribution in [2.75, 3.05) is 0 Å². The van der Waals surface area contributed by atoms with Crippen molar-refractivity contribution in [3.8, 4) is 11.3 Å². The summed E-state index contributed by atoms with van der Waals surface area (Å²) in [5.41, 5.74) is 6.64. The highest BCUT2D eigenvalue weighted by Crippen LogP contribution is 2.54. The second kappa shape index (κ2) is 5.89. The molecule has 0 fully saturated rings. The minimum atomic E-state index is 0.162. The number of benzene rings is 3. The Morgan fingerprint density at radius 2 is 1.60 bits per heavy atom. The maximum atomic E-state index is 4.74. The topological polar surface area (TPSA) is 25.8 Å². The van der Waals surface area contributed by atoms with Gasteiger partial charge in [0.2, 0.25) is 0 Å². The first-order valence-electron chi connectivity index (χ1n) is 10.6. The van der Waals surface area contributed by atoms with E-state index in [0.717, 1.165) is 16.8 Å². The number of hydrogen-bond acceptors (Lipinski definition) is 3. The first-order valence-corrected chi connectivity index (χ1v) is 11.4. The highest BCUT2D eigenvalue weighted by Gasteiger charge is 2.43. The second-order valence-electron chi connectivity index (χ2n) is 9.87. The van der Waals surface area contributed by atoms with Crippen LogP contribution in [0.4, 0.5) is 0 Å². The van der Waals surface area contributed by atoms with Gasteiger partial charge in [-0.25, -0.2) is 9.97 Å². The van der Waals surface area contributed by atoms with Gasteiger partial charge in [-0.3, -0.25) is 0 Å². The fourth-order valence-corrected chi connectivity index (χ4v) is 7.20. The van der Waals surface area contributed by atoms with Crippen LogP contribution in [0.15, 0.2) is 60.9 Å². The molecule has 2 aromatic heterocycles. The molecule has 148 valence electrons. The van der Waals surface area contributed by atoms with Crippen molar-refractivity contribution in [3.05, 3.63) is 72.1 Å². The minimum Gasteiger partial charge on any atom is -0.235 e. The molecule has 0 saturated heterocycles. The Kier molecular flexibility index (Phi) is 3.54. The van der Waals surface area contributed by atoms with E-state index in [0.29, 0.717) is 0 Å². The summed E-state index contributed by atoms with van der Waals surface area (Å²) in [5.74, 6) is 0. The molecule has 1 aliphatic carbocycles. The van der Waals surface area contributed by atoms with Gasteiger partial charge in [-0.15, -0.1) is 11.3 Å². The van der Waals surface area contributed by atoms with Gasteiger partial charge in [0.25, 0.3) is 0 Å². The smallest absolute Gasteiger partial charge is 0.116 e. The van der Waals surface area contributed by atoms with Gasteiger partial charge in [-0.05, 0) is 45.2 Å². The van der Waals surface area contributed by atoms with E-state index in [9.17, 15) is 0 Å². The van der Waals surface area contributed by atoms with Crippen LogP contribution in [-0.4, -0.2) is 9.97 Å². The Labute approximate surface area is 180 Å². The molecular weight excluding hydrogens is 384 g/mol. The third-order valence-electron chi connectivity index (χ3n) is 6.73. The number of nitrogens with zero attached hydrogens (tertiary/aromatic N) is 2. The van der Waals surface area contributed by atoms with Crippen molar-refractivity contribution >= 4 is 42.4 Å². The summed E-state index contributed by atoms with van der Waals surface area (Å²) in [6.07, 6.45) is 2.90. The van der Waals surface area contributed by atoms with Gasteiger partial charge in [-0.1, -0.05) is 76.2 Å².